The van der Waals surface area contributed by atoms with Crippen molar-refractivity contribution < 1.29 is 23.9 Å². The number of urea groups is 1. The van der Waals surface area contributed by atoms with Gasteiger partial charge in [0.1, 0.15) is 12.6 Å². The fraction of sp³-hybridized carbons (Fsp3) is 0.467. The van der Waals surface area contributed by atoms with Crippen LogP contribution in [-0.4, -0.2) is 64.0 Å². The summed E-state index contributed by atoms with van der Waals surface area (Å²) in [5.41, 5.74) is 8.86. The third kappa shape index (κ3) is 11.9. The smallest absolute Gasteiger partial charge is 0.407 e. The van der Waals surface area contributed by atoms with Gasteiger partial charge in [0.2, 0.25) is 11.8 Å². The van der Waals surface area contributed by atoms with Crippen molar-refractivity contribution in [1.82, 2.24) is 30.8 Å². The number of thiazole rings is 2. The van der Waals surface area contributed by atoms with E-state index in [2.05, 4.69) is 25.9 Å². The largest absolute Gasteiger partial charge is 0.444 e. The van der Waals surface area contributed by atoms with E-state index in [0.717, 1.165) is 21.1 Å². The van der Waals surface area contributed by atoms with Crippen LogP contribution in [0.5, 0.6) is 0 Å². The molecule has 238 valence electrons. The van der Waals surface area contributed by atoms with Crippen LogP contribution in [0, 0.1) is 0 Å². The number of aromatic nitrogens is 2. The van der Waals surface area contributed by atoms with Gasteiger partial charge in [0, 0.05) is 36.6 Å². The first-order valence-corrected chi connectivity index (χ1v) is 16.1. The lowest BCUT2D eigenvalue weighted by Gasteiger charge is -2.25. The molecule has 2 aromatic heterocycles. The summed E-state index contributed by atoms with van der Waals surface area (Å²) in [6, 6.07) is 7.49. The van der Waals surface area contributed by atoms with Gasteiger partial charge in [-0.15, -0.1) is 22.7 Å². The van der Waals surface area contributed by atoms with E-state index in [-0.39, 0.29) is 37.6 Å². The van der Waals surface area contributed by atoms with E-state index in [1.54, 1.807) is 18.8 Å². The average molecular weight is 644 g/mol. The average Bonchev–Trinajstić information content (AvgIpc) is 3.67. The highest BCUT2D eigenvalue weighted by atomic mass is 32.1. The quantitative estimate of drug-likeness (QED) is 0.183. The third-order valence-electron chi connectivity index (χ3n) is 6.64. The Labute approximate surface area is 265 Å². The maximum Gasteiger partial charge on any atom is 0.407 e. The van der Waals surface area contributed by atoms with Crippen LogP contribution in [0.15, 0.2) is 47.4 Å². The predicted octanol–water partition coefficient (Wildman–Crippen LogP) is 3.93. The van der Waals surface area contributed by atoms with Crippen molar-refractivity contribution in [3.63, 3.8) is 0 Å². The lowest BCUT2D eigenvalue weighted by molar-refractivity contribution is -0.127. The Morgan fingerprint density at radius 3 is 2.41 bits per heavy atom. The fourth-order valence-electron chi connectivity index (χ4n) is 4.29. The van der Waals surface area contributed by atoms with Gasteiger partial charge in [-0.2, -0.15) is 0 Å². The van der Waals surface area contributed by atoms with Crippen molar-refractivity contribution in [2.24, 2.45) is 5.73 Å². The number of amides is 5. The van der Waals surface area contributed by atoms with E-state index in [9.17, 15) is 19.2 Å². The number of carbonyl (C=O) groups is 4. The Kier molecular flexibility index (Phi) is 13.5. The van der Waals surface area contributed by atoms with Crippen LogP contribution in [0.1, 0.15) is 67.1 Å². The first-order valence-electron chi connectivity index (χ1n) is 14.4. The fourth-order valence-corrected chi connectivity index (χ4v) is 5.63. The second-order valence-electron chi connectivity index (χ2n) is 10.9. The van der Waals surface area contributed by atoms with Gasteiger partial charge in [0.05, 0.1) is 34.1 Å². The van der Waals surface area contributed by atoms with Crippen molar-refractivity contribution in [2.75, 3.05) is 7.05 Å². The number of ether oxygens (including phenoxy) is 1. The predicted molar refractivity (Wildman–Crippen MR) is 170 cm³/mol. The van der Waals surface area contributed by atoms with Gasteiger partial charge in [-0.25, -0.2) is 14.6 Å². The molecule has 5 amide bonds. The van der Waals surface area contributed by atoms with E-state index >= 15 is 0 Å². The highest BCUT2D eigenvalue weighted by Gasteiger charge is 2.26. The molecule has 1 aromatic carbocycles. The summed E-state index contributed by atoms with van der Waals surface area (Å²) in [6.07, 6.45) is 2.38. The van der Waals surface area contributed by atoms with Crippen molar-refractivity contribution >= 4 is 46.6 Å². The second-order valence-corrected chi connectivity index (χ2v) is 12.8. The van der Waals surface area contributed by atoms with Crippen LogP contribution in [0.4, 0.5) is 9.59 Å². The summed E-state index contributed by atoms with van der Waals surface area (Å²) >= 11 is 2.93. The first-order chi connectivity index (χ1) is 21.0. The number of benzene rings is 1. The minimum absolute atomic E-state index is 0.131. The summed E-state index contributed by atoms with van der Waals surface area (Å²) in [4.78, 5) is 61.1. The first kappa shape index (κ1) is 34.5. The van der Waals surface area contributed by atoms with Crippen LogP contribution in [0.2, 0.25) is 0 Å². The molecule has 0 bridgehead atoms. The molecule has 3 rings (SSSR count). The van der Waals surface area contributed by atoms with Crippen LogP contribution >= 0.6 is 22.7 Å². The highest BCUT2D eigenvalue weighted by Crippen LogP contribution is 2.20. The molecule has 0 saturated carbocycles. The van der Waals surface area contributed by atoms with Crippen molar-refractivity contribution in [3.05, 3.63) is 68.6 Å². The van der Waals surface area contributed by atoms with Gasteiger partial charge in [-0.3, -0.25) is 14.6 Å². The summed E-state index contributed by atoms with van der Waals surface area (Å²) in [7, 11) is 1.59. The molecule has 44 heavy (non-hydrogen) atoms. The van der Waals surface area contributed by atoms with Gasteiger partial charge in [-0.1, -0.05) is 44.2 Å². The maximum absolute atomic E-state index is 13.1. The SMILES string of the molecule is CC(C)c1nc(CN(C)C(=O)NC(CC(N)=O)C(=O)N[C@@H](C)CC[C@H](Cc2ccccc2)NC(=O)OCc2cncs2)cs1. The van der Waals surface area contributed by atoms with E-state index in [0.29, 0.717) is 19.3 Å². The number of rotatable bonds is 16. The zero-order chi connectivity index (χ0) is 32.1. The zero-order valence-electron chi connectivity index (χ0n) is 25.4. The van der Waals surface area contributed by atoms with E-state index in [4.69, 9.17) is 10.5 Å². The molecule has 5 N–H and O–H groups in total. The van der Waals surface area contributed by atoms with Gasteiger partial charge in [0.15, 0.2) is 0 Å². The second kappa shape index (κ2) is 17.3. The molecule has 1 unspecified atom stereocenters. The number of nitrogens with zero attached hydrogens (tertiary/aromatic N) is 3. The number of nitrogens with two attached hydrogens (primary N) is 1. The van der Waals surface area contributed by atoms with Crippen molar-refractivity contribution in [1.29, 1.82) is 0 Å². The van der Waals surface area contributed by atoms with Crippen molar-refractivity contribution in [2.45, 2.75) is 83.6 Å². The summed E-state index contributed by atoms with van der Waals surface area (Å²) in [5, 5.41) is 11.3. The lowest BCUT2D eigenvalue weighted by Crippen LogP contribution is -2.53. The van der Waals surface area contributed by atoms with Crippen LogP contribution in [0.3, 0.4) is 0 Å². The number of alkyl carbamates (subject to hydrolysis) is 1. The van der Waals surface area contributed by atoms with Crippen LogP contribution < -0.4 is 21.7 Å². The molecule has 0 spiro atoms. The van der Waals surface area contributed by atoms with Gasteiger partial charge in [0.25, 0.3) is 0 Å². The Morgan fingerprint density at radius 1 is 1.02 bits per heavy atom. The zero-order valence-corrected chi connectivity index (χ0v) is 27.1. The van der Waals surface area contributed by atoms with E-state index < -0.39 is 30.0 Å². The molecule has 12 nitrogen and oxygen atoms in total. The number of primary amides is 1. The summed E-state index contributed by atoms with van der Waals surface area (Å²) in [5.74, 6) is -0.956. The molecule has 0 aliphatic carbocycles. The van der Waals surface area contributed by atoms with Crippen LogP contribution in [0.25, 0.3) is 0 Å². The lowest BCUT2D eigenvalue weighted by atomic mass is 9.99. The minimum Gasteiger partial charge on any atom is -0.444 e. The molecule has 3 aromatic rings. The molecule has 0 aliphatic rings. The van der Waals surface area contributed by atoms with Gasteiger partial charge in [-0.05, 0) is 31.7 Å². The number of carbonyl (C=O) groups excluding carboxylic acids is 4. The van der Waals surface area contributed by atoms with Gasteiger partial charge >= 0.3 is 12.1 Å². The molecule has 14 heteroatoms. The molecule has 0 fully saturated rings. The monoisotopic (exact) mass is 643 g/mol. The number of hydrogen-bond acceptors (Lipinski definition) is 9. The Bertz CT molecular complexity index is 1350. The summed E-state index contributed by atoms with van der Waals surface area (Å²) in [6.45, 7) is 6.30. The van der Waals surface area contributed by atoms with Crippen LogP contribution in [-0.2, 0) is 33.9 Å². The van der Waals surface area contributed by atoms with Gasteiger partial charge < -0.3 is 31.3 Å². The van der Waals surface area contributed by atoms with E-state index in [1.165, 1.54) is 27.6 Å². The van der Waals surface area contributed by atoms with E-state index in [1.807, 2.05) is 56.5 Å². The highest BCUT2D eigenvalue weighted by molar-refractivity contribution is 7.09. The molecule has 2 heterocycles. The van der Waals surface area contributed by atoms with Crippen molar-refractivity contribution in [3.8, 4) is 0 Å². The molecule has 0 aliphatic heterocycles. The molecule has 0 radical (unpaired) electrons. The molecule has 0 saturated heterocycles. The standard InChI is InChI=1S/C30H41N7O5S2/c1-19(2)28-34-23(17-43-28)15-37(4)29(40)36-25(13-26(31)38)27(39)33-20(3)10-11-22(12-21-8-6-5-7-9-21)35-30(41)42-16-24-14-32-18-44-24/h5-9,14,17-20,22,25H,10-13,15-16H2,1-4H3,(H2,31,38)(H,33,39)(H,35,41)(H,36,40)/t20-,22+,25?/m0/s1. The Hall–Kier alpha value is -4.04. The normalized spacial score (nSPS) is 13.0. The Balaban J connectivity index is 1.55. The molecule has 3 atom stereocenters. The maximum atomic E-state index is 13.1. The minimum atomic E-state index is -1.15. The molecular weight excluding hydrogens is 603 g/mol. The Morgan fingerprint density at radius 2 is 1.77 bits per heavy atom. The molecular formula is C30H41N7O5S2. The topological polar surface area (TPSA) is 169 Å². The summed E-state index contributed by atoms with van der Waals surface area (Å²) < 4.78 is 5.36. The third-order valence-corrected chi connectivity index (χ3v) is 8.59. The number of nitrogens with one attached hydrogen (secondary N) is 3. The number of hydrogen-bond donors (Lipinski definition) is 4.